The summed E-state index contributed by atoms with van der Waals surface area (Å²) in [5, 5.41) is 0. The Morgan fingerprint density at radius 2 is 1.89 bits per heavy atom. The van der Waals surface area contributed by atoms with Gasteiger partial charge in [-0.3, -0.25) is 0 Å². The third-order valence-corrected chi connectivity index (χ3v) is 3.20. The lowest BCUT2D eigenvalue weighted by Gasteiger charge is -2.24. The minimum absolute atomic E-state index is 0.110. The first-order valence-electron chi connectivity index (χ1n) is 6.80. The first-order valence-corrected chi connectivity index (χ1v) is 6.80. The molecule has 0 saturated carbocycles. The summed E-state index contributed by atoms with van der Waals surface area (Å²) in [5.74, 6) is 1.71. The zero-order valence-electron chi connectivity index (χ0n) is 12.1. The van der Waals surface area contributed by atoms with Crippen molar-refractivity contribution in [2.24, 2.45) is 5.73 Å². The molecule has 1 heterocycles. The van der Waals surface area contributed by atoms with E-state index < -0.39 is 0 Å². The summed E-state index contributed by atoms with van der Waals surface area (Å²) in [6.07, 6.45) is 0.980. The number of ether oxygens (including phenoxy) is 2. The zero-order chi connectivity index (χ0) is 13.9. The van der Waals surface area contributed by atoms with E-state index in [2.05, 4.69) is 37.9 Å². The molecule has 2 rings (SSSR count). The highest BCUT2D eigenvalue weighted by Gasteiger charge is 2.14. The quantitative estimate of drug-likeness (QED) is 0.884. The van der Waals surface area contributed by atoms with E-state index >= 15 is 0 Å². The highest BCUT2D eigenvalue weighted by Crippen LogP contribution is 2.31. The first-order chi connectivity index (χ1) is 8.94. The third kappa shape index (κ3) is 4.40. The van der Waals surface area contributed by atoms with Crippen molar-refractivity contribution in [3.05, 3.63) is 23.8 Å². The highest BCUT2D eigenvalue weighted by atomic mass is 16.6. The summed E-state index contributed by atoms with van der Waals surface area (Å²) < 4.78 is 11.1. The van der Waals surface area contributed by atoms with Crippen LogP contribution in [0.2, 0.25) is 0 Å². The van der Waals surface area contributed by atoms with Crippen LogP contribution in [0.3, 0.4) is 0 Å². The number of nitrogens with zero attached hydrogens (tertiary/aromatic N) is 1. The average Bonchev–Trinajstić information content (AvgIpc) is 2.35. The maximum Gasteiger partial charge on any atom is 0.161 e. The van der Waals surface area contributed by atoms with Crippen LogP contribution in [-0.2, 0) is 6.54 Å². The van der Waals surface area contributed by atoms with Gasteiger partial charge in [0.25, 0.3) is 0 Å². The van der Waals surface area contributed by atoms with Crippen LogP contribution in [0.25, 0.3) is 0 Å². The SMILES string of the molecule is CN(CCC(C)(C)N)Cc1ccc2c(c1)OCCO2. The molecular formula is C15H24N2O2. The van der Waals surface area contributed by atoms with Crippen molar-refractivity contribution in [3.63, 3.8) is 0 Å². The van der Waals surface area contributed by atoms with E-state index in [1.54, 1.807) is 0 Å². The highest BCUT2D eigenvalue weighted by molar-refractivity contribution is 5.43. The lowest BCUT2D eigenvalue weighted by atomic mass is 10.0. The third-order valence-electron chi connectivity index (χ3n) is 3.20. The van der Waals surface area contributed by atoms with E-state index in [0.717, 1.165) is 31.0 Å². The van der Waals surface area contributed by atoms with Crippen LogP contribution in [0.15, 0.2) is 18.2 Å². The second-order valence-electron chi connectivity index (χ2n) is 5.95. The molecule has 1 aromatic rings. The van der Waals surface area contributed by atoms with Gasteiger partial charge in [0.15, 0.2) is 11.5 Å². The van der Waals surface area contributed by atoms with Gasteiger partial charge >= 0.3 is 0 Å². The maximum atomic E-state index is 6.01. The standard InChI is InChI=1S/C15H24N2O2/c1-15(2,16)6-7-17(3)11-12-4-5-13-14(10-12)19-9-8-18-13/h4-5,10H,6-9,11,16H2,1-3H3. The Hall–Kier alpha value is -1.26. The van der Waals surface area contributed by atoms with Gasteiger partial charge in [0.05, 0.1) is 0 Å². The molecule has 4 heteroatoms. The second-order valence-corrected chi connectivity index (χ2v) is 5.95. The molecule has 1 aromatic carbocycles. The fraction of sp³-hybridized carbons (Fsp3) is 0.600. The minimum Gasteiger partial charge on any atom is -0.486 e. The summed E-state index contributed by atoms with van der Waals surface area (Å²) in [6.45, 7) is 7.27. The molecule has 0 aromatic heterocycles. The van der Waals surface area contributed by atoms with Gasteiger partial charge in [-0.05, 0) is 51.6 Å². The Morgan fingerprint density at radius 1 is 1.21 bits per heavy atom. The molecule has 0 unspecified atom stereocenters. The average molecular weight is 264 g/mol. The Kier molecular flexibility index (Phi) is 4.32. The topological polar surface area (TPSA) is 47.7 Å². The van der Waals surface area contributed by atoms with Crippen molar-refractivity contribution in [2.75, 3.05) is 26.8 Å². The van der Waals surface area contributed by atoms with Gasteiger partial charge in [-0.2, -0.15) is 0 Å². The molecule has 0 bridgehead atoms. The van der Waals surface area contributed by atoms with Crippen molar-refractivity contribution in [3.8, 4) is 11.5 Å². The van der Waals surface area contributed by atoms with Crippen molar-refractivity contribution in [2.45, 2.75) is 32.4 Å². The van der Waals surface area contributed by atoms with Crippen molar-refractivity contribution in [1.29, 1.82) is 0 Å². The van der Waals surface area contributed by atoms with Crippen molar-refractivity contribution >= 4 is 0 Å². The molecule has 0 atom stereocenters. The maximum absolute atomic E-state index is 6.01. The van der Waals surface area contributed by atoms with Gasteiger partial charge in [-0.1, -0.05) is 6.07 Å². The van der Waals surface area contributed by atoms with Crippen LogP contribution in [0, 0.1) is 0 Å². The summed E-state index contributed by atoms with van der Waals surface area (Å²) in [4.78, 5) is 2.28. The van der Waals surface area contributed by atoms with Crippen LogP contribution >= 0.6 is 0 Å². The predicted molar refractivity (Wildman–Crippen MR) is 76.6 cm³/mol. The molecule has 0 radical (unpaired) electrons. The molecule has 0 saturated heterocycles. The normalized spacial score (nSPS) is 14.8. The summed E-state index contributed by atoms with van der Waals surface area (Å²) in [6, 6.07) is 6.15. The Morgan fingerprint density at radius 3 is 2.58 bits per heavy atom. The van der Waals surface area contributed by atoms with Crippen molar-refractivity contribution < 1.29 is 9.47 Å². The molecule has 106 valence electrons. The molecule has 1 aliphatic heterocycles. The fourth-order valence-corrected chi connectivity index (χ4v) is 2.06. The van der Waals surface area contributed by atoms with Crippen molar-refractivity contribution in [1.82, 2.24) is 4.90 Å². The van der Waals surface area contributed by atoms with Gasteiger partial charge < -0.3 is 20.1 Å². The number of hydrogen-bond donors (Lipinski definition) is 1. The number of hydrogen-bond acceptors (Lipinski definition) is 4. The number of rotatable bonds is 5. The molecule has 0 spiro atoms. The number of benzene rings is 1. The molecule has 19 heavy (non-hydrogen) atoms. The van der Waals surface area contributed by atoms with E-state index in [4.69, 9.17) is 15.2 Å². The Labute approximate surface area is 115 Å². The minimum atomic E-state index is -0.110. The second kappa shape index (κ2) is 5.80. The van der Waals surface area contributed by atoms with Crippen LogP contribution in [0.1, 0.15) is 25.8 Å². The zero-order valence-corrected chi connectivity index (χ0v) is 12.1. The van der Waals surface area contributed by atoms with Crippen LogP contribution in [0.4, 0.5) is 0 Å². The van der Waals surface area contributed by atoms with E-state index in [-0.39, 0.29) is 5.54 Å². The van der Waals surface area contributed by atoms with Gasteiger partial charge in [0.2, 0.25) is 0 Å². The molecule has 0 aliphatic carbocycles. The summed E-state index contributed by atoms with van der Waals surface area (Å²) >= 11 is 0. The lowest BCUT2D eigenvalue weighted by Crippen LogP contribution is -2.36. The van der Waals surface area contributed by atoms with Crippen LogP contribution in [-0.4, -0.2) is 37.2 Å². The molecule has 0 amide bonds. The Balaban J connectivity index is 1.92. The number of fused-ring (bicyclic) bond motifs is 1. The smallest absolute Gasteiger partial charge is 0.161 e. The van der Waals surface area contributed by atoms with E-state index in [0.29, 0.717) is 13.2 Å². The molecule has 2 N–H and O–H groups in total. The van der Waals surface area contributed by atoms with Crippen LogP contribution < -0.4 is 15.2 Å². The Bertz CT molecular complexity index is 427. The lowest BCUT2D eigenvalue weighted by molar-refractivity contribution is 0.171. The summed E-state index contributed by atoms with van der Waals surface area (Å²) in [7, 11) is 2.11. The molecule has 0 fully saturated rings. The fourth-order valence-electron chi connectivity index (χ4n) is 2.06. The molecular weight excluding hydrogens is 240 g/mol. The van der Waals surface area contributed by atoms with E-state index in [1.807, 2.05) is 6.07 Å². The van der Waals surface area contributed by atoms with E-state index in [9.17, 15) is 0 Å². The van der Waals surface area contributed by atoms with Gasteiger partial charge in [0.1, 0.15) is 13.2 Å². The van der Waals surface area contributed by atoms with Gasteiger partial charge in [-0.15, -0.1) is 0 Å². The van der Waals surface area contributed by atoms with E-state index in [1.165, 1.54) is 5.56 Å². The molecule has 4 nitrogen and oxygen atoms in total. The van der Waals surface area contributed by atoms with Gasteiger partial charge in [0, 0.05) is 12.1 Å². The molecule has 1 aliphatic rings. The van der Waals surface area contributed by atoms with Gasteiger partial charge in [-0.25, -0.2) is 0 Å². The summed E-state index contributed by atoms with van der Waals surface area (Å²) in [5.41, 5.74) is 7.13. The number of nitrogens with two attached hydrogens (primary N) is 1. The monoisotopic (exact) mass is 264 g/mol. The predicted octanol–water partition coefficient (Wildman–Crippen LogP) is 2.02. The van der Waals surface area contributed by atoms with Crippen LogP contribution in [0.5, 0.6) is 11.5 Å². The first kappa shape index (κ1) is 14.2. The largest absolute Gasteiger partial charge is 0.486 e.